The summed E-state index contributed by atoms with van der Waals surface area (Å²) in [7, 11) is 0. The van der Waals surface area contributed by atoms with Gasteiger partial charge < -0.3 is 14.4 Å². The van der Waals surface area contributed by atoms with Crippen LogP contribution < -0.4 is 14.4 Å². The van der Waals surface area contributed by atoms with Crippen molar-refractivity contribution in [2.75, 3.05) is 35.1 Å². The van der Waals surface area contributed by atoms with Gasteiger partial charge in [-0.1, -0.05) is 54.5 Å². The summed E-state index contributed by atoms with van der Waals surface area (Å²) in [5, 5.41) is 7.45. The van der Waals surface area contributed by atoms with Crippen molar-refractivity contribution in [2.24, 2.45) is 5.41 Å². The van der Waals surface area contributed by atoms with Crippen molar-refractivity contribution in [3.63, 3.8) is 0 Å². The second-order valence-corrected chi connectivity index (χ2v) is 15.6. The number of fused-ring (bicyclic) bond motifs is 6. The van der Waals surface area contributed by atoms with E-state index in [1.54, 1.807) is 16.9 Å². The summed E-state index contributed by atoms with van der Waals surface area (Å²) in [6.07, 6.45) is 5.28. The number of benzene rings is 1. The van der Waals surface area contributed by atoms with E-state index in [0.717, 1.165) is 86.1 Å². The molecule has 4 aromatic rings. The van der Waals surface area contributed by atoms with Gasteiger partial charge in [-0.2, -0.15) is 24.9 Å². The Labute approximate surface area is 280 Å². The minimum atomic E-state index is -4.39. The largest absolute Gasteiger partial charge is 0.476 e. The first-order chi connectivity index (χ1) is 22.2. The summed E-state index contributed by atoms with van der Waals surface area (Å²) in [6, 6.07) is 16.1. The van der Waals surface area contributed by atoms with Crippen LogP contribution in [0.25, 0.3) is 16.3 Å². The molecular weight excluding hydrogens is 650 g/mol. The van der Waals surface area contributed by atoms with Crippen LogP contribution in [-0.2, 0) is 6.42 Å². The fourth-order valence-corrected chi connectivity index (χ4v) is 8.40. The average Bonchev–Trinajstić information content (AvgIpc) is 3.81. The van der Waals surface area contributed by atoms with Gasteiger partial charge in [0.15, 0.2) is 5.13 Å². The number of nitrogens with zero attached hydrogens (tertiary/aromatic N) is 5. The van der Waals surface area contributed by atoms with Crippen LogP contribution in [0.15, 0.2) is 59.8 Å². The highest BCUT2D eigenvalue weighted by molar-refractivity contribution is 8.00. The van der Waals surface area contributed by atoms with Gasteiger partial charge in [-0.3, -0.25) is 0 Å². The second kappa shape index (κ2) is 14.5. The Hall–Kier alpha value is -2.90. The van der Waals surface area contributed by atoms with Gasteiger partial charge in [0.1, 0.15) is 28.1 Å². The minimum absolute atomic E-state index is 0.130. The number of anilines is 2. The van der Waals surface area contributed by atoms with Crippen molar-refractivity contribution < 1.29 is 17.9 Å². The Morgan fingerprint density at radius 3 is 2.65 bits per heavy atom. The van der Waals surface area contributed by atoms with Crippen LogP contribution in [0.2, 0.25) is 0 Å². The van der Waals surface area contributed by atoms with E-state index in [1.807, 2.05) is 12.1 Å². The molecule has 1 fully saturated rings. The van der Waals surface area contributed by atoms with Gasteiger partial charge >= 0.3 is 6.18 Å². The third-order valence-corrected chi connectivity index (χ3v) is 11.6. The van der Waals surface area contributed by atoms with Gasteiger partial charge in [0.25, 0.3) is 0 Å². The summed E-state index contributed by atoms with van der Waals surface area (Å²) in [5.41, 5.74) is 0.993. The number of pyridine rings is 1. The molecule has 2 aliphatic heterocycles. The molecule has 0 spiro atoms. The highest BCUT2D eigenvalue weighted by Crippen LogP contribution is 2.40. The molecule has 1 N–H and O–H groups in total. The van der Waals surface area contributed by atoms with Gasteiger partial charge in [-0.05, 0) is 69.4 Å². The molecule has 3 aromatic heterocycles. The predicted molar refractivity (Wildman–Crippen MR) is 184 cm³/mol. The molecule has 0 amide bonds. The monoisotopic (exact) mass is 688 g/mol. The van der Waals surface area contributed by atoms with Crippen LogP contribution in [0.4, 0.5) is 24.1 Å². The van der Waals surface area contributed by atoms with E-state index in [-0.39, 0.29) is 5.88 Å². The number of halogens is 3. The summed E-state index contributed by atoms with van der Waals surface area (Å²) >= 11 is 4.93. The van der Waals surface area contributed by atoms with Crippen LogP contribution in [0.3, 0.4) is 0 Å². The zero-order valence-electron chi connectivity index (χ0n) is 26.1. The van der Waals surface area contributed by atoms with Gasteiger partial charge in [0.05, 0.1) is 5.41 Å². The number of hydrogen-bond acceptors (Lipinski definition) is 9. The fraction of sp³-hybridized carbons (Fsp3) is 0.485. The third-order valence-electron chi connectivity index (χ3n) is 8.35. The Kier molecular flexibility index (Phi) is 10.4. The normalized spacial score (nSPS) is 18.1. The molecule has 2 aliphatic rings. The summed E-state index contributed by atoms with van der Waals surface area (Å²) in [6.45, 7) is 3.74. The lowest BCUT2D eigenvalue weighted by molar-refractivity contribution is -0.219. The first-order valence-corrected chi connectivity index (χ1v) is 18.5. The van der Waals surface area contributed by atoms with E-state index in [2.05, 4.69) is 56.8 Å². The molecule has 5 heterocycles. The number of hydrogen-bond donors (Lipinski definition) is 1. The molecule has 1 aromatic carbocycles. The van der Waals surface area contributed by atoms with Crippen LogP contribution >= 0.6 is 35.0 Å². The number of alkyl halides is 3. The zero-order valence-corrected chi connectivity index (χ0v) is 28.5. The topological polar surface area (TPSA) is 68.1 Å². The van der Waals surface area contributed by atoms with Crippen LogP contribution in [-0.4, -0.2) is 56.6 Å². The smallest absolute Gasteiger partial charge is 0.397 e. The zero-order chi connectivity index (χ0) is 32.1. The van der Waals surface area contributed by atoms with Crippen LogP contribution in [0.1, 0.15) is 57.9 Å². The standard InChI is InChI=1S/C33H39F3N6OS3/c1-32(2,33(34,35)36)22-43-27-17-19-42(39-27)30-29-25-14-7-6-12-23(25)11-5-3-4-8-18-41(21-24-13-10-20-44-24)26-15-9-16-28(37-26)46-40-31(38-29)45-30/h6-7,9,12,14-17,19,24H,3-5,8,10-11,13,18,20-22H2,1-2H3,(H,38,40). The molecule has 6 rings (SSSR count). The fourth-order valence-electron chi connectivity index (χ4n) is 5.53. The number of rotatable bonds is 6. The molecule has 46 heavy (non-hydrogen) atoms. The summed E-state index contributed by atoms with van der Waals surface area (Å²) in [5.74, 6) is 2.38. The first kappa shape index (κ1) is 33.0. The Bertz CT molecular complexity index is 1600. The SMILES string of the molecule is CC(C)(COc1ccn(-c2sc3nc2-c2ccccc2CCCCCCN(CC2CCCS2)c2cccc(n2)SN3)n1)C(F)(F)F. The van der Waals surface area contributed by atoms with Crippen LogP contribution in [0, 0.1) is 5.41 Å². The van der Waals surface area contributed by atoms with E-state index >= 15 is 0 Å². The number of thiazole rings is 1. The predicted octanol–water partition coefficient (Wildman–Crippen LogP) is 9.30. The van der Waals surface area contributed by atoms with E-state index < -0.39 is 18.2 Å². The van der Waals surface area contributed by atoms with E-state index in [1.165, 1.54) is 47.4 Å². The number of thioether (sulfide) groups is 1. The molecule has 0 saturated carbocycles. The second-order valence-electron chi connectivity index (χ2n) is 12.4. The Morgan fingerprint density at radius 1 is 0.978 bits per heavy atom. The van der Waals surface area contributed by atoms with Crippen molar-refractivity contribution in [1.29, 1.82) is 0 Å². The molecule has 0 aliphatic carbocycles. The number of nitrogens with one attached hydrogen (secondary N) is 1. The van der Waals surface area contributed by atoms with Crippen LogP contribution in [0.5, 0.6) is 5.88 Å². The quantitative estimate of drug-likeness (QED) is 0.201. The molecule has 1 atom stereocenters. The van der Waals surface area contributed by atoms with Crippen molar-refractivity contribution in [3.8, 4) is 22.1 Å². The maximum Gasteiger partial charge on any atom is 0.397 e. The van der Waals surface area contributed by atoms with Gasteiger partial charge in [0, 0.05) is 48.1 Å². The van der Waals surface area contributed by atoms with Crippen molar-refractivity contribution in [2.45, 2.75) is 75.2 Å². The molecular formula is C33H39F3N6OS3. The Balaban J connectivity index is 1.29. The first-order valence-electron chi connectivity index (χ1n) is 15.8. The molecule has 0 radical (unpaired) electrons. The molecule has 246 valence electrons. The van der Waals surface area contributed by atoms with Crippen molar-refractivity contribution >= 4 is 46.0 Å². The Morgan fingerprint density at radius 2 is 1.83 bits per heavy atom. The van der Waals surface area contributed by atoms with E-state index in [0.29, 0.717) is 10.4 Å². The van der Waals surface area contributed by atoms with E-state index in [4.69, 9.17) is 14.7 Å². The highest BCUT2D eigenvalue weighted by Gasteiger charge is 2.48. The molecule has 13 heteroatoms. The highest BCUT2D eigenvalue weighted by atomic mass is 32.2. The lowest BCUT2D eigenvalue weighted by Crippen LogP contribution is -2.37. The van der Waals surface area contributed by atoms with Crippen molar-refractivity contribution in [1.82, 2.24) is 19.7 Å². The average molecular weight is 689 g/mol. The van der Waals surface area contributed by atoms with Gasteiger partial charge in [-0.15, -0.1) is 5.10 Å². The van der Waals surface area contributed by atoms with Crippen molar-refractivity contribution in [3.05, 3.63) is 60.3 Å². The number of aromatic nitrogens is 4. The van der Waals surface area contributed by atoms with E-state index in [9.17, 15) is 13.2 Å². The molecule has 1 unspecified atom stereocenters. The minimum Gasteiger partial charge on any atom is -0.476 e. The lowest BCUT2D eigenvalue weighted by Gasteiger charge is -2.27. The number of aryl methyl sites for hydroxylation is 1. The molecule has 7 nitrogen and oxygen atoms in total. The molecule has 1 saturated heterocycles. The third kappa shape index (κ3) is 7.96. The van der Waals surface area contributed by atoms with Gasteiger partial charge in [0.2, 0.25) is 5.88 Å². The maximum absolute atomic E-state index is 13.4. The maximum atomic E-state index is 13.4. The molecule has 4 bridgehead atoms. The van der Waals surface area contributed by atoms with Gasteiger partial charge in [-0.25, -0.2) is 14.6 Å². The number of ether oxygens (including phenoxy) is 1. The summed E-state index contributed by atoms with van der Waals surface area (Å²) in [4.78, 5) is 12.5. The summed E-state index contributed by atoms with van der Waals surface area (Å²) < 4.78 is 50.8. The lowest BCUT2D eigenvalue weighted by atomic mass is 9.94.